The van der Waals surface area contributed by atoms with Crippen LogP contribution in [0.15, 0.2) is 28.3 Å². The minimum absolute atomic E-state index is 0.0496. The molecule has 0 radical (unpaired) electrons. The molecule has 1 aromatic heterocycles. The number of hydrogen-bond donors (Lipinski definition) is 1. The molecule has 0 saturated heterocycles. The van der Waals surface area contributed by atoms with Gasteiger partial charge in [0.25, 0.3) is 0 Å². The average Bonchev–Trinajstić information content (AvgIpc) is 3.00. The van der Waals surface area contributed by atoms with Crippen LogP contribution in [0.4, 0.5) is 0 Å². The Kier molecular flexibility index (Phi) is 8.35. The predicted molar refractivity (Wildman–Crippen MR) is 123 cm³/mol. The number of nitrogens with zero attached hydrogens (tertiary/aromatic N) is 3. The van der Waals surface area contributed by atoms with Gasteiger partial charge < -0.3 is 9.88 Å². The Morgan fingerprint density at radius 1 is 1.20 bits per heavy atom. The largest absolute Gasteiger partial charge is 0.351 e. The zero-order chi connectivity index (χ0) is 22.5. The molecule has 0 spiro atoms. The van der Waals surface area contributed by atoms with Gasteiger partial charge in [0.05, 0.1) is 21.7 Å². The van der Waals surface area contributed by atoms with Gasteiger partial charge in [-0.3, -0.25) is 4.79 Å². The fourth-order valence-corrected chi connectivity index (χ4v) is 5.51. The van der Waals surface area contributed by atoms with Gasteiger partial charge in [-0.25, -0.2) is 13.4 Å². The molecule has 0 atom stereocenters. The van der Waals surface area contributed by atoms with Gasteiger partial charge >= 0.3 is 0 Å². The molecule has 0 aliphatic rings. The molecule has 0 bridgehead atoms. The van der Waals surface area contributed by atoms with Crippen molar-refractivity contribution in [1.82, 2.24) is 19.2 Å². The van der Waals surface area contributed by atoms with Crippen LogP contribution >= 0.6 is 11.8 Å². The minimum Gasteiger partial charge on any atom is -0.351 e. The second-order valence-electron chi connectivity index (χ2n) is 8.23. The predicted octanol–water partition coefficient (Wildman–Crippen LogP) is 3.87. The molecule has 1 N–H and O–H groups in total. The van der Waals surface area contributed by atoms with Crippen molar-refractivity contribution in [3.05, 3.63) is 18.2 Å². The third-order valence-corrected chi connectivity index (χ3v) is 7.63. The molecule has 2 aromatic rings. The number of aromatic nitrogens is 2. The molecule has 0 aliphatic heterocycles. The zero-order valence-corrected chi connectivity index (χ0v) is 20.5. The van der Waals surface area contributed by atoms with Crippen molar-refractivity contribution >= 4 is 38.7 Å². The second kappa shape index (κ2) is 10.2. The molecular weight excluding hydrogens is 420 g/mol. The van der Waals surface area contributed by atoms with Crippen LogP contribution in [0.2, 0.25) is 0 Å². The number of rotatable bonds is 10. The highest BCUT2D eigenvalue weighted by atomic mass is 32.2. The number of unbranched alkanes of at least 4 members (excludes halogenated alkanes) is 1. The third kappa shape index (κ3) is 5.98. The highest BCUT2D eigenvalue weighted by Crippen LogP contribution is 2.28. The lowest BCUT2D eigenvalue weighted by Crippen LogP contribution is -2.41. The van der Waals surface area contributed by atoms with E-state index in [1.165, 1.54) is 16.1 Å². The van der Waals surface area contributed by atoms with Crippen LogP contribution in [-0.2, 0) is 21.4 Å². The number of nitrogens with one attached hydrogen (secondary N) is 1. The average molecular weight is 455 g/mol. The smallest absolute Gasteiger partial charge is 0.243 e. The number of benzene rings is 1. The van der Waals surface area contributed by atoms with Gasteiger partial charge in [0, 0.05) is 25.2 Å². The summed E-state index contributed by atoms with van der Waals surface area (Å²) in [5.41, 5.74) is 1.24. The molecule has 1 aromatic carbocycles. The van der Waals surface area contributed by atoms with Crippen molar-refractivity contribution in [3.63, 3.8) is 0 Å². The van der Waals surface area contributed by atoms with Crippen LogP contribution in [-0.4, -0.2) is 52.6 Å². The summed E-state index contributed by atoms with van der Waals surface area (Å²) in [4.78, 5) is 17.2. The van der Waals surface area contributed by atoms with E-state index in [4.69, 9.17) is 0 Å². The fourth-order valence-electron chi connectivity index (χ4n) is 3.19. The number of carbonyl (C=O) groups is 1. The molecule has 2 rings (SSSR count). The first kappa shape index (κ1) is 24.7. The van der Waals surface area contributed by atoms with E-state index in [1.54, 1.807) is 12.1 Å². The summed E-state index contributed by atoms with van der Waals surface area (Å²) in [7, 11) is -3.55. The Hall–Kier alpha value is -1.58. The Morgan fingerprint density at radius 3 is 2.43 bits per heavy atom. The number of thioether (sulfide) groups is 1. The number of carbonyl (C=O) groups excluding carboxylic acids is 1. The van der Waals surface area contributed by atoms with E-state index in [1.807, 2.05) is 40.7 Å². The van der Waals surface area contributed by atoms with E-state index in [-0.39, 0.29) is 22.1 Å². The van der Waals surface area contributed by atoms with Crippen LogP contribution in [0.1, 0.15) is 54.4 Å². The van der Waals surface area contributed by atoms with Gasteiger partial charge in [0.2, 0.25) is 15.9 Å². The molecule has 9 heteroatoms. The quantitative estimate of drug-likeness (QED) is 0.551. The molecule has 0 saturated carbocycles. The van der Waals surface area contributed by atoms with Gasteiger partial charge in [-0.1, -0.05) is 39.0 Å². The maximum Gasteiger partial charge on any atom is 0.243 e. The van der Waals surface area contributed by atoms with Crippen molar-refractivity contribution in [2.75, 3.05) is 18.8 Å². The number of imidazole rings is 1. The summed E-state index contributed by atoms with van der Waals surface area (Å²) >= 11 is 1.38. The van der Waals surface area contributed by atoms with E-state index in [0.717, 1.165) is 30.1 Å². The number of fused-ring (bicyclic) bond motifs is 1. The van der Waals surface area contributed by atoms with E-state index in [9.17, 15) is 13.2 Å². The SMILES string of the molecule is CCCCn1c(SCC(=O)NC(C)(C)C)nc2cc(S(=O)(=O)N(CC)CC)ccc21. The highest BCUT2D eigenvalue weighted by molar-refractivity contribution is 7.99. The summed E-state index contributed by atoms with van der Waals surface area (Å²) < 4.78 is 29.3. The van der Waals surface area contributed by atoms with Crippen LogP contribution in [0.3, 0.4) is 0 Å². The molecule has 0 aliphatic carbocycles. The van der Waals surface area contributed by atoms with Crippen LogP contribution in [0.5, 0.6) is 0 Å². The first-order chi connectivity index (χ1) is 14.0. The van der Waals surface area contributed by atoms with E-state index in [0.29, 0.717) is 18.6 Å². The zero-order valence-electron chi connectivity index (χ0n) is 18.9. The third-order valence-electron chi connectivity index (χ3n) is 4.61. The summed E-state index contributed by atoms with van der Waals surface area (Å²) in [6, 6.07) is 5.12. The van der Waals surface area contributed by atoms with Gasteiger partial charge in [0.1, 0.15) is 0 Å². The van der Waals surface area contributed by atoms with Gasteiger partial charge in [-0.2, -0.15) is 4.31 Å². The van der Waals surface area contributed by atoms with Crippen molar-refractivity contribution in [2.45, 2.75) is 76.5 Å². The summed E-state index contributed by atoms with van der Waals surface area (Å²) in [6.07, 6.45) is 2.01. The van der Waals surface area contributed by atoms with Gasteiger partial charge in [-0.15, -0.1) is 0 Å². The maximum atomic E-state index is 12.9. The molecule has 7 nitrogen and oxygen atoms in total. The molecule has 0 unspecified atom stereocenters. The van der Waals surface area contributed by atoms with Crippen molar-refractivity contribution in [3.8, 4) is 0 Å². The van der Waals surface area contributed by atoms with E-state index >= 15 is 0 Å². The van der Waals surface area contributed by atoms with Crippen molar-refractivity contribution in [1.29, 1.82) is 0 Å². The first-order valence-corrected chi connectivity index (χ1v) is 12.9. The molecule has 168 valence electrons. The highest BCUT2D eigenvalue weighted by Gasteiger charge is 2.23. The fraction of sp³-hybridized carbons (Fsp3) is 0.619. The van der Waals surface area contributed by atoms with Crippen LogP contribution in [0.25, 0.3) is 11.0 Å². The number of sulfonamides is 1. The number of aryl methyl sites for hydroxylation is 1. The number of hydrogen-bond acceptors (Lipinski definition) is 5. The van der Waals surface area contributed by atoms with Gasteiger partial charge in [-0.05, 0) is 45.4 Å². The Morgan fingerprint density at radius 2 is 1.87 bits per heavy atom. The standard InChI is InChI=1S/C21H34N4O3S2/c1-7-10-13-25-18-12-11-16(30(27,28)24(8-2)9-3)14-17(18)22-20(25)29-15-19(26)23-21(4,5)6/h11-12,14H,7-10,13,15H2,1-6H3,(H,23,26). The van der Waals surface area contributed by atoms with Crippen LogP contribution in [0, 0.1) is 0 Å². The molecular formula is C21H34N4O3S2. The van der Waals surface area contributed by atoms with Crippen molar-refractivity contribution in [2.24, 2.45) is 0 Å². The normalized spacial score (nSPS) is 12.6. The Labute approximate surface area is 184 Å². The topological polar surface area (TPSA) is 84.3 Å². The molecule has 1 amide bonds. The van der Waals surface area contributed by atoms with Crippen LogP contribution < -0.4 is 5.32 Å². The number of amides is 1. The van der Waals surface area contributed by atoms with Crippen molar-refractivity contribution < 1.29 is 13.2 Å². The first-order valence-electron chi connectivity index (χ1n) is 10.5. The summed E-state index contributed by atoms with van der Waals surface area (Å²) in [6.45, 7) is 13.2. The van der Waals surface area contributed by atoms with E-state index < -0.39 is 10.0 Å². The molecule has 30 heavy (non-hydrogen) atoms. The Bertz CT molecular complexity index is 974. The van der Waals surface area contributed by atoms with Gasteiger partial charge in [0.15, 0.2) is 5.16 Å². The molecule has 0 fully saturated rings. The lowest BCUT2D eigenvalue weighted by atomic mass is 10.1. The summed E-state index contributed by atoms with van der Waals surface area (Å²) in [5, 5.41) is 3.69. The minimum atomic E-state index is -3.55. The molecule has 1 heterocycles. The van der Waals surface area contributed by atoms with E-state index in [2.05, 4.69) is 21.8 Å². The lowest BCUT2D eigenvalue weighted by molar-refractivity contribution is -0.119. The Balaban J connectivity index is 2.39. The lowest BCUT2D eigenvalue weighted by Gasteiger charge is -2.20. The maximum absolute atomic E-state index is 12.9. The monoisotopic (exact) mass is 454 g/mol. The second-order valence-corrected chi connectivity index (χ2v) is 11.1. The summed E-state index contributed by atoms with van der Waals surface area (Å²) in [5.74, 6) is 0.212.